The van der Waals surface area contributed by atoms with Crippen LogP contribution in [0.3, 0.4) is 0 Å². The van der Waals surface area contributed by atoms with Crippen LogP contribution < -0.4 is 5.32 Å². The van der Waals surface area contributed by atoms with Crippen molar-refractivity contribution in [2.24, 2.45) is 0 Å². The van der Waals surface area contributed by atoms with Gasteiger partial charge >= 0.3 is 5.97 Å². The number of aliphatic hydroxyl groups excluding tert-OH is 1. The van der Waals surface area contributed by atoms with Crippen molar-refractivity contribution in [3.8, 4) is 0 Å². The van der Waals surface area contributed by atoms with E-state index in [1.807, 2.05) is 60.7 Å². The lowest BCUT2D eigenvalue weighted by Crippen LogP contribution is -2.38. The van der Waals surface area contributed by atoms with Gasteiger partial charge in [-0.2, -0.15) is 0 Å². The third-order valence-corrected chi connectivity index (χ3v) is 7.29. The molecule has 0 aromatic heterocycles. The molecule has 3 aromatic rings. The number of hydrogen-bond acceptors (Lipinski definition) is 6. The predicted octanol–water partition coefficient (Wildman–Crippen LogP) is 5.61. The van der Waals surface area contributed by atoms with E-state index in [0.717, 1.165) is 16.7 Å². The molecule has 1 amide bonds. The standard InChI is InChI=1S/C32H38N2O6/c1-22(24-8-4-3-5-9-24)34(2)20-28-19-29(25-16-14-23(21-35)15-17-25)40-32(39-28)26-10-6-11-27(18-26)33-30(36)12-7-13-31(37)38/h3-6,8-11,14-18,22,28-29,32,35H,7,12-13,19-21H2,1-2H3,(H,33,36)(H,37,38). The fourth-order valence-corrected chi connectivity index (χ4v) is 4.89. The summed E-state index contributed by atoms with van der Waals surface area (Å²) in [6.07, 6.45) is 0.0522. The topological polar surface area (TPSA) is 108 Å². The molecule has 1 saturated heterocycles. The smallest absolute Gasteiger partial charge is 0.303 e. The van der Waals surface area contributed by atoms with Gasteiger partial charge in [-0.3, -0.25) is 14.5 Å². The predicted molar refractivity (Wildman–Crippen MR) is 152 cm³/mol. The number of ether oxygens (including phenoxy) is 2. The van der Waals surface area contributed by atoms with E-state index in [4.69, 9.17) is 14.6 Å². The van der Waals surface area contributed by atoms with Gasteiger partial charge in [0.2, 0.25) is 5.91 Å². The molecule has 3 N–H and O–H groups in total. The number of nitrogens with one attached hydrogen (secondary N) is 1. The number of nitrogens with zero attached hydrogens (tertiary/aromatic N) is 1. The Hall–Kier alpha value is -3.56. The SMILES string of the molecule is CC(c1ccccc1)N(C)CC1CC(c2ccc(CO)cc2)OC(c2cccc(NC(=O)CCCC(=O)O)c2)O1. The van der Waals surface area contributed by atoms with Gasteiger partial charge in [-0.05, 0) is 49.2 Å². The normalized spacial score (nSPS) is 19.8. The lowest BCUT2D eigenvalue weighted by Gasteiger charge is -2.39. The van der Waals surface area contributed by atoms with Crippen LogP contribution in [0.4, 0.5) is 5.69 Å². The highest BCUT2D eigenvalue weighted by Crippen LogP contribution is 2.39. The van der Waals surface area contributed by atoms with Crippen LogP contribution >= 0.6 is 0 Å². The van der Waals surface area contributed by atoms with Crippen LogP contribution in [-0.4, -0.2) is 46.7 Å². The van der Waals surface area contributed by atoms with Crippen LogP contribution in [0, 0.1) is 0 Å². The van der Waals surface area contributed by atoms with Crippen LogP contribution in [0.2, 0.25) is 0 Å². The molecule has 0 bridgehead atoms. The number of amides is 1. The van der Waals surface area contributed by atoms with Crippen LogP contribution in [0.1, 0.15) is 73.3 Å². The minimum atomic E-state index is -0.916. The van der Waals surface area contributed by atoms with Crippen LogP contribution in [0.15, 0.2) is 78.9 Å². The van der Waals surface area contributed by atoms with Gasteiger partial charge in [0.25, 0.3) is 0 Å². The molecule has 212 valence electrons. The third kappa shape index (κ3) is 8.22. The van der Waals surface area contributed by atoms with E-state index in [2.05, 4.69) is 36.3 Å². The van der Waals surface area contributed by atoms with E-state index in [1.165, 1.54) is 5.56 Å². The average molecular weight is 547 g/mol. The number of aliphatic hydroxyl groups is 1. The first-order valence-electron chi connectivity index (χ1n) is 13.7. The van der Waals surface area contributed by atoms with Crippen molar-refractivity contribution in [2.45, 2.75) is 63.8 Å². The molecule has 1 aliphatic heterocycles. The number of likely N-dealkylation sites (N-methyl/N-ethyl adjacent to an activating group) is 1. The highest BCUT2D eigenvalue weighted by atomic mass is 16.7. The fraction of sp³-hybridized carbons (Fsp3) is 0.375. The molecule has 4 rings (SSSR count). The first-order valence-corrected chi connectivity index (χ1v) is 13.7. The summed E-state index contributed by atoms with van der Waals surface area (Å²) in [5.74, 6) is -1.15. The van der Waals surface area contributed by atoms with Crippen molar-refractivity contribution in [2.75, 3.05) is 18.9 Å². The molecule has 0 saturated carbocycles. The molecule has 1 heterocycles. The van der Waals surface area contributed by atoms with Crippen LogP contribution in [0.25, 0.3) is 0 Å². The highest BCUT2D eigenvalue weighted by molar-refractivity contribution is 5.90. The Labute approximate surface area is 235 Å². The molecule has 40 heavy (non-hydrogen) atoms. The molecule has 0 aliphatic carbocycles. The molecule has 0 spiro atoms. The van der Waals surface area contributed by atoms with Crippen molar-refractivity contribution < 1.29 is 29.3 Å². The highest BCUT2D eigenvalue weighted by Gasteiger charge is 2.33. The summed E-state index contributed by atoms with van der Waals surface area (Å²) < 4.78 is 13.0. The second-order valence-electron chi connectivity index (χ2n) is 10.3. The molecular weight excluding hydrogens is 508 g/mol. The van der Waals surface area contributed by atoms with Crippen molar-refractivity contribution in [1.29, 1.82) is 0 Å². The Bertz CT molecular complexity index is 1250. The zero-order valence-electron chi connectivity index (χ0n) is 23.0. The Morgan fingerprint density at radius 2 is 1.73 bits per heavy atom. The first kappa shape index (κ1) is 29.4. The van der Waals surface area contributed by atoms with Crippen molar-refractivity contribution in [1.82, 2.24) is 4.90 Å². The number of rotatable bonds is 12. The molecule has 8 nitrogen and oxygen atoms in total. The van der Waals surface area contributed by atoms with Crippen LogP contribution in [-0.2, 0) is 25.7 Å². The second kappa shape index (κ2) is 14.2. The maximum atomic E-state index is 12.3. The van der Waals surface area contributed by atoms with Gasteiger partial charge in [-0.1, -0.05) is 66.7 Å². The number of carbonyl (C=O) groups is 2. The Kier molecular flexibility index (Phi) is 10.4. The van der Waals surface area contributed by atoms with E-state index < -0.39 is 12.3 Å². The molecule has 1 aliphatic rings. The average Bonchev–Trinajstić information content (AvgIpc) is 2.97. The van der Waals surface area contributed by atoms with E-state index in [0.29, 0.717) is 18.7 Å². The van der Waals surface area contributed by atoms with Gasteiger partial charge in [-0.25, -0.2) is 0 Å². The molecule has 1 fully saturated rings. The van der Waals surface area contributed by atoms with Crippen molar-refractivity contribution in [3.05, 3.63) is 101 Å². The molecule has 4 unspecified atom stereocenters. The minimum absolute atomic E-state index is 0.0167. The molecule has 8 heteroatoms. The van der Waals surface area contributed by atoms with Gasteiger partial charge in [0, 0.05) is 43.1 Å². The minimum Gasteiger partial charge on any atom is -0.481 e. The summed E-state index contributed by atoms with van der Waals surface area (Å²) in [6, 6.07) is 25.7. The number of carboxylic acid groups (broad SMARTS) is 1. The zero-order chi connectivity index (χ0) is 28.5. The van der Waals surface area contributed by atoms with Gasteiger partial charge in [-0.15, -0.1) is 0 Å². The summed E-state index contributed by atoms with van der Waals surface area (Å²) in [4.78, 5) is 25.4. The molecular formula is C32H38N2O6. The van der Waals surface area contributed by atoms with Gasteiger partial charge in [0.05, 0.1) is 18.8 Å². The largest absolute Gasteiger partial charge is 0.481 e. The Morgan fingerprint density at radius 1 is 0.975 bits per heavy atom. The number of benzene rings is 3. The monoisotopic (exact) mass is 546 g/mol. The molecule has 0 radical (unpaired) electrons. The maximum Gasteiger partial charge on any atom is 0.303 e. The third-order valence-electron chi connectivity index (χ3n) is 7.29. The first-order chi connectivity index (χ1) is 19.3. The lowest BCUT2D eigenvalue weighted by atomic mass is 9.99. The van der Waals surface area contributed by atoms with E-state index in [9.17, 15) is 14.7 Å². The van der Waals surface area contributed by atoms with Gasteiger partial charge in [0.1, 0.15) is 0 Å². The second-order valence-corrected chi connectivity index (χ2v) is 10.3. The fourth-order valence-electron chi connectivity index (χ4n) is 4.89. The summed E-state index contributed by atoms with van der Waals surface area (Å²) >= 11 is 0. The lowest BCUT2D eigenvalue weighted by molar-refractivity contribution is -0.253. The van der Waals surface area contributed by atoms with Gasteiger partial charge in [0.15, 0.2) is 6.29 Å². The summed E-state index contributed by atoms with van der Waals surface area (Å²) in [7, 11) is 2.09. The van der Waals surface area contributed by atoms with Crippen LogP contribution in [0.5, 0.6) is 0 Å². The van der Waals surface area contributed by atoms with Crippen molar-refractivity contribution >= 4 is 17.6 Å². The Morgan fingerprint density at radius 3 is 2.42 bits per heavy atom. The van der Waals surface area contributed by atoms with Crippen molar-refractivity contribution in [3.63, 3.8) is 0 Å². The number of aliphatic carboxylic acids is 1. The molecule has 4 atom stereocenters. The zero-order valence-corrected chi connectivity index (χ0v) is 23.0. The summed E-state index contributed by atoms with van der Waals surface area (Å²) in [6.45, 7) is 2.86. The van der Waals surface area contributed by atoms with E-state index in [-0.39, 0.29) is 50.0 Å². The maximum absolute atomic E-state index is 12.3. The van der Waals surface area contributed by atoms with E-state index >= 15 is 0 Å². The Balaban J connectivity index is 1.50. The van der Waals surface area contributed by atoms with Gasteiger partial charge < -0.3 is 25.0 Å². The number of anilines is 1. The number of hydrogen-bond donors (Lipinski definition) is 3. The summed E-state index contributed by atoms with van der Waals surface area (Å²) in [5, 5.41) is 21.1. The number of carboxylic acids is 1. The molecule has 3 aromatic carbocycles. The summed E-state index contributed by atoms with van der Waals surface area (Å²) in [5.41, 5.74) is 4.47. The van der Waals surface area contributed by atoms with E-state index in [1.54, 1.807) is 6.07 Å². The number of carbonyl (C=O) groups excluding carboxylic acids is 1. The quantitative estimate of drug-likeness (QED) is 0.271.